The number of fused-ring (bicyclic) bond motifs is 2. The summed E-state index contributed by atoms with van der Waals surface area (Å²) in [6.07, 6.45) is 11.5. The van der Waals surface area contributed by atoms with E-state index in [1.54, 1.807) is 0 Å². The lowest BCUT2D eigenvalue weighted by Crippen LogP contribution is -2.44. The minimum atomic E-state index is -0.587. The molecule has 0 radical (unpaired) electrons. The molecule has 1 unspecified atom stereocenters. The molecule has 4 atom stereocenters. The second-order valence-corrected chi connectivity index (χ2v) is 9.74. The Morgan fingerprint density at radius 3 is 2.29 bits per heavy atom. The number of benzene rings is 1. The van der Waals surface area contributed by atoms with Crippen LogP contribution in [-0.2, 0) is 19.1 Å². The minimum absolute atomic E-state index is 0.0262. The Morgan fingerprint density at radius 1 is 1.00 bits per heavy atom. The second kappa shape index (κ2) is 14.2. The van der Waals surface area contributed by atoms with E-state index in [9.17, 15) is 9.59 Å². The Balaban J connectivity index is 1.43. The van der Waals surface area contributed by atoms with Gasteiger partial charge in [0.1, 0.15) is 18.6 Å². The van der Waals surface area contributed by atoms with E-state index in [1.807, 2.05) is 30.3 Å². The van der Waals surface area contributed by atoms with Crippen molar-refractivity contribution in [3.05, 3.63) is 35.9 Å². The molecule has 1 aromatic carbocycles. The van der Waals surface area contributed by atoms with Crippen molar-refractivity contribution in [2.75, 3.05) is 13.7 Å². The third kappa shape index (κ3) is 8.17. The predicted octanol–water partition coefficient (Wildman–Crippen LogP) is 5.63. The highest BCUT2D eigenvalue weighted by Gasteiger charge is 2.40. The fourth-order valence-corrected chi connectivity index (χ4v) is 5.06. The first kappa shape index (κ1) is 26.3. The number of esters is 2. The zero-order chi connectivity index (χ0) is 24.2. The molecule has 5 heteroatoms. The van der Waals surface area contributed by atoms with Gasteiger partial charge in [-0.05, 0) is 57.6 Å². The van der Waals surface area contributed by atoms with Gasteiger partial charge in [-0.3, -0.25) is 9.59 Å². The summed E-state index contributed by atoms with van der Waals surface area (Å²) in [6.45, 7) is 2.22. The summed E-state index contributed by atoms with van der Waals surface area (Å²) in [5.74, 6) is 5.26. The largest absolute Gasteiger partial charge is 0.464 e. The van der Waals surface area contributed by atoms with Crippen LogP contribution in [-0.4, -0.2) is 48.7 Å². The minimum Gasteiger partial charge on any atom is -0.464 e. The van der Waals surface area contributed by atoms with Crippen molar-refractivity contribution in [3.8, 4) is 11.8 Å². The van der Waals surface area contributed by atoms with Crippen LogP contribution in [0.4, 0.5) is 0 Å². The van der Waals surface area contributed by atoms with Crippen molar-refractivity contribution in [3.63, 3.8) is 0 Å². The standard InChI is InChI=1S/C29H41NO4/c1-3-4-5-6-7-8-9-10-14-17-28(31)33-22-27(23-15-12-11-13-16-23)29(32)34-26-20-24-18-19-25(21-26)30(24)2/h11-13,15-16,24-27H,3-6,9-10,14,17-22H2,1-2H3/t24-,25+,26+,27?. The molecule has 0 N–H and O–H groups in total. The Bertz CT molecular complexity index is 814. The first-order valence-corrected chi connectivity index (χ1v) is 13.2. The fourth-order valence-electron chi connectivity index (χ4n) is 5.06. The van der Waals surface area contributed by atoms with Gasteiger partial charge in [-0.15, -0.1) is 11.8 Å². The van der Waals surface area contributed by atoms with Crippen molar-refractivity contribution >= 4 is 11.9 Å². The van der Waals surface area contributed by atoms with Crippen LogP contribution in [0.15, 0.2) is 30.3 Å². The number of piperidine rings is 1. The number of unbranched alkanes of at least 4 members (excludes halogenated alkanes) is 5. The highest BCUT2D eigenvalue weighted by molar-refractivity contribution is 5.79. The van der Waals surface area contributed by atoms with Crippen molar-refractivity contribution in [1.82, 2.24) is 4.90 Å². The molecular formula is C29H41NO4. The average molecular weight is 468 g/mol. The Kier molecular flexibility index (Phi) is 11.0. The molecule has 2 saturated heterocycles. The summed E-state index contributed by atoms with van der Waals surface area (Å²) < 4.78 is 11.5. The Morgan fingerprint density at radius 2 is 1.65 bits per heavy atom. The summed E-state index contributed by atoms with van der Waals surface area (Å²) in [5, 5.41) is 0. The lowest BCUT2D eigenvalue weighted by molar-refractivity contribution is -0.158. The predicted molar refractivity (Wildman–Crippen MR) is 134 cm³/mol. The van der Waals surface area contributed by atoms with Gasteiger partial charge in [0.05, 0.1) is 0 Å². The van der Waals surface area contributed by atoms with Gasteiger partial charge in [0.2, 0.25) is 0 Å². The van der Waals surface area contributed by atoms with Gasteiger partial charge in [0.25, 0.3) is 0 Å². The second-order valence-electron chi connectivity index (χ2n) is 9.74. The van der Waals surface area contributed by atoms with Gasteiger partial charge < -0.3 is 14.4 Å². The van der Waals surface area contributed by atoms with Crippen molar-refractivity contribution in [2.24, 2.45) is 0 Å². The van der Waals surface area contributed by atoms with Crippen LogP contribution in [0.3, 0.4) is 0 Å². The van der Waals surface area contributed by atoms with E-state index in [-0.39, 0.29) is 24.6 Å². The maximum Gasteiger partial charge on any atom is 0.317 e. The molecule has 2 heterocycles. The van der Waals surface area contributed by atoms with Crippen molar-refractivity contribution < 1.29 is 19.1 Å². The zero-order valence-corrected chi connectivity index (χ0v) is 21.0. The van der Waals surface area contributed by atoms with Crippen LogP contribution in [0.1, 0.15) is 95.5 Å². The summed E-state index contributed by atoms with van der Waals surface area (Å²) in [4.78, 5) is 27.9. The van der Waals surface area contributed by atoms with E-state index in [2.05, 4.69) is 30.7 Å². The van der Waals surface area contributed by atoms with Crippen molar-refractivity contribution in [1.29, 1.82) is 0 Å². The summed E-state index contributed by atoms with van der Waals surface area (Å²) in [6, 6.07) is 10.5. The first-order chi connectivity index (χ1) is 16.6. The van der Waals surface area contributed by atoms with E-state index in [1.165, 1.54) is 32.1 Å². The van der Waals surface area contributed by atoms with Crippen LogP contribution >= 0.6 is 0 Å². The Labute approximate surface area is 205 Å². The van der Waals surface area contributed by atoms with Crippen LogP contribution < -0.4 is 0 Å². The number of hydrogen-bond acceptors (Lipinski definition) is 5. The number of nitrogens with zero attached hydrogens (tertiary/aromatic N) is 1. The molecule has 34 heavy (non-hydrogen) atoms. The van der Waals surface area contributed by atoms with E-state index >= 15 is 0 Å². The molecule has 1 aromatic rings. The molecule has 186 valence electrons. The highest BCUT2D eigenvalue weighted by Crippen LogP contribution is 2.36. The number of ether oxygens (including phenoxy) is 2. The molecular weight excluding hydrogens is 426 g/mol. The molecule has 0 spiro atoms. The molecule has 2 aliphatic rings. The summed E-state index contributed by atoms with van der Waals surface area (Å²) >= 11 is 0. The summed E-state index contributed by atoms with van der Waals surface area (Å²) in [5.41, 5.74) is 0.828. The van der Waals surface area contributed by atoms with E-state index < -0.39 is 5.92 Å². The molecule has 0 aromatic heterocycles. The lowest BCUT2D eigenvalue weighted by Gasteiger charge is -2.36. The molecule has 0 aliphatic carbocycles. The highest BCUT2D eigenvalue weighted by atomic mass is 16.6. The molecule has 2 bridgehead atoms. The molecule has 0 saturated carbocycles. The van der Waals surface area contributed by atoms with E-state index in [0.717, 1.165) is 44.1 Å². The summed E-state index contributed by atoms with van der Waals surface area (Å²) in [7, 11) is 2.17. The molecule has 3 rings (SSSR count). The van der Waals surface area contributed by atoms with E-state index in [0.29, 0.717) is 18.5 Å². The average Bonchev–Trinajstić information content (AvgIpc) is 3.04. The van der Waals surface area contributed by atoms with E-state index in [4.69, 9.17) is 9.47 Å². The maximum absolute atomic E-state index is 13.1. The maximum atomic E-state index is 13.1. The monoisotopic (exact) mass is 467 g/mol. The lowest BCUT2D eigenvalue weighted by atomic mass is 9.98. The SMILES string of the molecule is CCCCCC#CCCCCC(=O)OCC(C(=O)O[C@H]1C[C@H]2CC[C@@H](C1)N2C)c1ccccc1. The van der Waals surface area contributed by atoms with Crippen molar-refractivity contribution in [2.45, 2.75) is 108 Å². The van der Waals surface area contributed by atoms with Gasteiger partial charge in [0, 0.05) is 31.3 Å². The molecule has 5 nitrogen and oxygen atoms in total. The number of carbonyl (C=O) groups is 2. The van der Waals surface area contributed by atoms with Gasteiger partial charge in [0.15, 0.2) is 0 Å². The van der Waals surface area contributed by atoms with Gasteiger partial charge >= 0.3 is 11.9 Å². The third-order valence-corrected chi connectivity index (χ3v) is 7.20. The third-order valence-electron chi connectivity index (χ3n) is 7.20. The van der Waals surface area contributed by atoms with Crippen LogP contribution in [0.2, 0.25) is 0 Å². The van der Waals surface area contributed by atoms with Crippen LogP contribution in [0.5, 0.6) is 0 Å². The van der Waals surface area contributed by atoms with Gasteiger partial charge in [-0.25, -0.2) is 0 Å². The molecule has 2 fully saturated rings. The van der Waals surface area contributed by atoms with Gasteiger partial charge in [-0.1, -0.05) is 50.1 Å². The Hall–Kier alpha value is -2.32. The number of hydrogen-bond donors (Lipinski definition) is 0. The first-order valence-electron chi connectivity index (χ1n) is 13.2. The molecule has 2 aliphatic heterocycles. The fraction of sp³-hybridized carbons (Fsp3) is 0.655. The normalized spacial score (nSPS) is 22.5. The van der Waals surface area contributed by atoms with Gasteiger partial charge in [-0.2, -0.15) is 0 Å². The topological polar surface area (TPSA) is 55.8 Å². The smallest absolute Gasteiger partial charge is 0.317 e. The van der Waals surface area contributed by atoms with Crippen LogP contribution in [0.25, 0.3) is 0 Å². The zero-order valence-electron chi connectivity index (χ0n) is 21.0. The quantitative estimate of drug-likeness (QED) is 0.227. The number of carbonyl (C=O) groups excluding carboxylic acids is 2. The number of rotatable bonds is 12. The van der Waals surface area contributed by atoms with Crippen LogP contribution in [0, 0.1) is 11.8 Å². The molecule has 0 amide bonds.